The van der Waals surface area contributed by atoms with Crippen LogP contribution < -0.4 is 10.9 Å². The molecule has 2 amide bonds. The summed E-state index contributed by atoms with van der Waals surface area (Å²) in [6.45, 7) is 1.93. The highest BCUT2D eigenvalue weighted by atomic mass is 35.5. The lowest BCUT2D eigenvalue weighted by Crippen LogP contribution is -2.42. The molecule has 5 nitrogen and oxygen atoms in total. The van der Waals surface area contributed by atoms with Crippen molar-refractivity contribution in [2.75, 3.05) is 5.88 Å². The number of aryl methyl sites for hydroxylation is 1. The van der Waals surface area contributed by atoms with Crippen LogP contribution in [0.1, 0.15) is 15.2 Å². The standard InChI is InChI=1S/C12H12ClN3O2S/c1-8-7-19-11(10(8)16-4-2-3-5-16)12(18)15-14-9(17)6-13/h2-5,7H,6H2,1H3,(H,14,17)(H,15,18). The Hall–Kier alpha value is -1.79. The topological polar surface area (TPSA) is 63.1 Å². The number of aromatic nitrogens is 1. The number of alkyl halides is 1. The summed E-state index contributed by atoms with van der Waals surface area (Å²) >= 11 is 6.66. The molecule has 0 unspecified atom stereocenters. The van der Waals surface area contributed by atoms with Crippen molar-refractivity contribution in [1.29, 1.82) is 0 Å². The molecule has 2 aromatic heterocycles. The average molecular weight is 298 g/mol. The fourth-order valence-corrected chi connectivity index (χ4v) is 2.63. The van der Waals surface area contributed by atoms with E-state index in [1.165, 1.54) is 11.3 Å². The van der Waals surface area contributed by atoms with E-state index in [-0.39, 0.29) is 11.8 Å². The van der Waals surface area contributed by atoms with Crippen molar-refractivity contribution in [3.05, 3.63) is 40.3 Å². The first-order chi connectivity index (χ1) is 9.13. The molecule has 0 saturated heterocycles. The first-order valence-corrected chi connectivity index (χ1v) is 6.91. The number of hydrogen-bond acceptors (Lipinski definition) is 3. The highest BCUT2D eigenvalue weighted by Crippen LogP contribution is 2.25. The van der Waals surface area contributed by atoms with Gasteiger partial charge in [0.2, 0.25) is 0 Å². The summed E-state index contributed by atoms with van der Waals surface area (Å²) < 4.78 is 1.87. The molecule has 0 aliphatic rings. The first-order valence-electron chi connectivity index (χ1n) is 5.50. The van der Waals surface area contributed by atoms with Gasteiger partial charge in [-0.15, -0.1) is 22.9 Å². The van der Waals surface area contributed by atoms with E-state index in [1.807, 2.05) is 41.4 Å². The second-order valence-corrected chi connectivity index (χ2v) is 4.97. The molecule has 0 fully saturated rings. The molecule has 2 rings (SSSR count). The largest absolute Gasteiger partial charge is 0.322 e. The zero-order valence-corrected chi connectivity index (χ0v) is 11.7. The zero-order valence-electron chi connectivity index (χ0n) is 10.1. The van der Waals surface area contributed by atoms with E-state index in [0.29, 0.717) is 4.88 Å². The van der Waals surface area contributed by atoms with Crippen LogP contribution in [0.2, 0.25) is 0 Å². The minimum atomic E-state index is -0.453. The smallest absolute Gasteiger partial charge is 0.281 e. The third kappa shape index (κ3) is 2.97. The molecule has 2 heterocycles. The molecular weight excluding hydrogens is 286 g/mol. The van der Waals surface area contributed by atoms with Crippen LogP contribution in [0.5, 0.6) is 0 Å². The lowest BCUT2D eigenvalue weighted by Gasteiger charge is -2.08. The van der Waals surface area contributed by atoms with Crippen LogP contribution in [0.15, 0.2) is 29.9 Å². The highest BCUT2D eigenvalue weighted by Gasteiger charge is 2.17. The van der Waals surface area contributed by atoms with Gasteiger partial charge >= 0.3 is 0 Å². The highest BCUT2D eigenvalue weighted by molar-refractivity contribution is 7.12. The number of nitrogens with one attached hydrogen (secondary N) is 2. The van der Waals surface area contributed by atoms with E-state index < -0.39 is 5.91 Å². The molecule has 0 saturated carbocycles. The Bertz CT molecular complexity index is 592. The van der Waals surface area contributed by atoms with Gasteiger partial charge in [0.15, 0.2) is 0 Å². The summed E-state index contributed by atoms with van der Waals surface area (Å²) in [4.78, 5) is 23.6. The van der Waals surface area contributed by atoms with Crippen molar-refractivity contribution in [1.82, 2.24) is 15.4 Å². The Balaban J connectivity index is 2.21. The molecule has 2 N–H and O–H groups in total. The normalized spacial score (nSPS) is 10.2. The second-order valence-electron chi connectivity index (χ2n) is 3.82. The van der Waals surface area contributed by atoms with Crippen LogP contribution in [0.25, 0.3) is 5.69 Å². The molecule has 0 bridgehead atoms. The van der Waals surface area contributed by atoms with Crippen LogP contribution in [0.4, 0.5) is 0 Å². The number of hydrazine groups is 1. The third-order valence-electron chi connectivity index (χ3n) is 2.45. The van der Waals surface area contributed by atoms with Crippen molar-refractivity contribution in [2.45, 2.75) is 6.92 Å². The summed E-state index contributed by atoms with van der Waals surface area (Å²) in [5.41, 5.74) is 6.39. The molecule has 0 aliphatic heterocycles. The molecule has 19 heavy (non-hydrogen) atoms. The zero-order chi connectivity index (χ0) is 13.8. The van der Waals surface area contributed by atoms with Gasteiger partial charge in [-0.3, -0.25) is 20.4 Å². The van der Waals surface area contributed by atoms with E-state index >= 15 is 0 Å². The Kier molecular flexibility index (Phi) is 4.24. The van der Waals surface area contributed by atoms with Crippen molar-refractivity contribution >= 4 is 34.8 Å². The lowest BCUT2D eigenvalue weighted by molar-refractivity contribution is -0.119. The second kappa shape index (κ2) is 5.90. The maximum absolute atomic E-state index is 12.0. The monoisotopic (exact) mass is 297 g/mol. The van der Waals surface area contributed by atoms with Crippen molar-refractivity contribution < 1.29 is 9.59 Å². The minimum Gasteiger partial charge on any atom is -0.322 e. The average Bonchev–Trinajstić information content (AvgIpc) is 3.04. The predicted molar refractivity (Wildman–Crippen MR) is 74.7 cm³/mol. The van der Waals surface area contributed by atoms with E-state index in [2.05, 4.69) is 10.9 Å². The number of nitrogens with zero attached hydrogens (tertiary/aromatic N) is 1. The van der Waals surface area contributed by atoms with Gasteiger partial charge in [-0.05, 0) is 30.0 Å². The summed E-state index contributed by atoms with van der Waals surface area (Å²) in [6, 6.07) is 3.77. The Morgan fingerprint density at radius 1 is 1.32 bits per heavy atom. The van der Waals surface area contributed by atoms with Crippen molar-refractivity contribution in [3.63, 3.8) is 0 Å². The van der Waals surface area contributed by atoms with Gasteiger partial charge in [0, 0.05) is 12.4 Å². The quantitative estimate of drug-likeness (QED) is 0.671. The molecule has 2 aromatic rings. The summed E-state index contributed by atoms with van der Waals surface area (Å²) in [6.07, 6.45) is 3.73. The number of rotatable bonds is 3. The van der Waals surface area contributed by atoms with E-state index in [0.717, 1.165) is 11.3 Å². The number of carbonyl (C=O) groups is 2. The SMILES string of the molecule is Cc1csc(C(=O)NNC(=O)CCl)c1-n1cccc1. The molecule has 0 aromatic carbocycles. The number of carbonyl (C=O) groups excluding carboxylic acids is 2. The maximum Gasteiger partial charge on any atom is 0.281 e. The Morgan fingerprint density at radius 3 is 2.63 bits per heavy atom. The number of amides is 2. The fourth-order valence-electron chi connectivity index (χ4n) is 1.62. The first kappa shape index (κ1) is 13.6. The lowest BCUT2D eigenvalue weighted by atomic mass is 10.2. The van der Waals surface area contributed by atoms with Gasteiger partial charge in [-0.2, -0.15) is 0 Å². The van der Waals surface area contributed by atoms with E-state index in [4.69, 9.17) is 11.6 Å². The van der Waals surface area contributed by atoms with Crippen molar-refractivity contribution in [2.24, 2.45) is 0 Å². The third-order valence-corrected chi connectivity index (χ3v) is 3.78. The van der Waals surface area contributed by atoms with Crippen LogP contribution in [0.3, 0.4) is 0 Å². The predicted octanol–water partition coefficient (Wildman–Crippen LogP) is 1.85. The van der Waals surface area contributed by atoms with Gasteiger partial charge in [0.05, 0.1) is 5.69 Å². The van der Waals surface area contributed by atoms with E-state index in [9.17, 15) is 9.59 Å². The van der Waals surface area contributed by atoms with Gasteiger partial charge in [0.1, 0.15) is 10.8 Å². The molecule has 0 radical (unpaired) electrons. The molecular formula is C12H12ClN3O2S. The Labute approximate surface area is 119 Å². The Morgan fingerprint density at radius 2 is 2.00 bits per heavy atom. The van der Waals surface area contributed by atoms with Crippen molar-refractivity contribution in [3.8, 4) is 5.69 Å². The molecule has 0 spiro atoms. The van der Waals surface area contributed by atoms with Gasteiger partial charge in [-0.1, -0.05) is 0 Å². The van der Waals surface area contributed by atoms with Crippen LogP contribution >= 0.6 is 22.9 Å². The van der Waals surface area contributed by atoms with Gasteiger partial charge in [-0.25, -0.2) is 0 Å². The number of halogens is 1. The number of hydrogen-bond donors (Lipinski definition) is 2. The van der Waals surface area contributed by atoms with Crippen LogP contribution in [0, 0.1) is 6.92 Å². The van der Waals surface area contributed by atoms with Crippen LogP contribution in [-0.2, 0) is 4.79 Å². The number of thiophene rings is 1. The van der Waals surface area contributed by atoms with Gasteiger partial charge in [0.25, 0.3) is 11.8 Å². The van der Waals surface area contributed by atoms with Gasteiger partial charge < -0.3 is 4.57 Å². The molecule has 0 aliphatic carbocycles. The summed E-state index contributed by atoms with van der Waals surface area (Å²) in [5, 5.41) is 1.90. The molecule has 0 atom stereocenters. The summed E-state index contributed by atoms with van der Waals surface area (Å²) in [5.74, 6) is -1.01. The maximum atomic E-state index is 12.0. The minimum absolute atomic E-state index is 0.200. The fraction of sp³-hybridized carbons (Fsp3) is 0.167. The van der Waals surface area contributed by atoms with Crippen LogP contribution in [-0.4, -0.2) is 22.3 Å². The summed E-state index contributed by atoms with van der Waals surface area (Å²) in [7, 11) is 0. The molecule has 100 valence electrons. The van der Waals surface area contributed by atoms with E-state index in [1.54, 1.807) is 0 Å². The molecule has 7 heteroatoms.